The zero-order valence-corrected chi connectivity index (χ0v) is 20.9. The van der Waals surface area contributed by atoms with Crippen molar-refractivity contribution in [2.75, 3.05) is 0 Å². The van der Waals surface area contributed by atoms with Gasteiger partial charge in [0.1, 0.15) is 12.7 Å². The van der Waals surface area contributed by atoms with Crippen LogP contribution in [0.4, 0.5) is 0 Å². The van der Waals surface area contributed by atoms with Gasteiger partial charge >= 0.3 is 0 Å². The van der Waals surface area contributed by atoms with Crippen LogP contribution in [0.15, 0.2) is 115 Å². The summed E-state index contributed by atoms with van der Waals surface area (Å²) >= 11 is 0. The second kappa shape index (κ2) is 10.2. The summed E-state index contributed by atoms with van der Waals surface area (Å²) in [6.07, 6.45) is 4.86. The zero-order valence-electron chi connectivity index (χ0n) is 20.9. The Hall–Kier alpha value is -4.88. The number of rotatable bonds is 7. The van der Waals surface area contributed by atoms with E-state index in [1.54, 1.807) is 17.2 Å². The molecule has 0 bridgehead atoms. The average Bonchev–Trinajstić information content (AvgIpc) is 3.52. The predicted octanol–water partition coefficient (Wildman–Crippen LogP) is 5.69. The Kier molecular flexibility index (Phi) is 6.34. The number of H-pyrrole nitrogens is 1. The third kappa shape index (κ3) is 4.75. The molecule has 1 atom stereocenters. The van der Waals surface area contributed by atoms with Gasteiger partial charge < -0.3 is 10.3 Å². The fraction of sp³-hybridized carbons (Fsp3) is 0.0968. The molecular weight excluding hydrogens is 472 g/mol. The van der Waals surface area contributed by atoms with Crippen LogP contribution in [-0.4, -0.2) is 24.7 Å². The average molecular weight is 499 g/mol. The van der Waals surface area contributed by atoms with Crippen LogP contribution >= 0.6 is 0 Å². The van der Waals surface area contributed by atoms with Crippen molar-refractivity contribution < 1.29 is 0 Å². The lowest BCUT2D eigenvalue weighted by Gasteiger charge is -2.15. The lowest BCUT2D eigenvalue weighted by Crippen LogP contribution is -2.18. The van der Waals surface area contributed by atoms with E-state index in [9.17, 15) is 4.79 Å². The zero-order chi connectivity index (χ0) is 25.9. The molecule has 0 aliphatic rings. The van der Waals surface area contributed by atoms with Crippen molar-refractivity contribution >= 4 is 10.9 Å². The van der Waals surface area contributed by atoms with E-state index in [0.717, 1.165) is 34.6 Å². The maximum absolute atomic E-state index is 12.4. The van der Waals surface area contributed by atoms with Crippen molar-refractivity contribution in [2.45, 2.75) is 19.5 Å². The Morgan fingerprint density at radius 1 is 0.921 bits per heavy atom. The van der Waals surface area contributed by atoms with Crippen molar-refractivity contribution in [3.8, 4) is 28.1 Å². The summed E-state index contributed by atoms with van der Waals surface area (Å²) in [6.45, 7) is 2.89. The highest BCUT2D eigenvalue weighted by Gasteiger charge is 2.13. The van der Waals surface area contributed by atoms with E-state index in [4.69, 9.17) is 4.98 Å². The SMILES string of the molecule is CC(NCc1ccc(-c2nc3cc[nH]c(=O)c3cc2-c2ccccc2)cc1)c1ccc(-n2cncn2)cc1. The summed E-state index contributed by atoms with van der Waals surface area (Å²) in [5, 5.41) is 8.37. The highest BCUT2D eigenvalue weighted by atomic mass is 16.1. The van der Waals surface area contributed by atoms with Crippen LogP contribution in [0.3, 0.4) is 0 Å². The van der Waals surface area contributed by atoms with Crippen molar-refractivity contribution in [1.29, 1.82) is 0 Å². The molecule has 3 aromatic heterocycles. The van der Waals surface area contributed by atoms with Gasteiger partial charge in [-0.1, -0.05) is 66.7 Å². The number of aromatic amines is 1. The summed E-state index contributed by atoms with van der Waals surface area (Å²) in [6, 6.07) is 30.8. The number of hydrogen-bond donors (Lipinski definition) is 2. The van der Waals surface area contributed by atoms with Gasteiger partial charge in [-0.25, -0.2) is 14.6 Å². The third-order valence-electron chi connectivity index (χ3n) is 6.75. The fourth-order valence-electron chi connectivity index (χ4n) is 4.59. The summed E-state index contributed by atoms with van der Waals surface area (Å²) in [7, 11) is 0. The van der Waals surface area contributed by atoms with Crippen LogP contribution in [0, 0.1) is 0 Å². The summed E-state index contributed by atoms with van der Waals surface area (Å²) in [5.41, 5.74) is 7.72. The number of nitrogens with zero attached hydrogens (tertiary/aromatic N) is 4. The van der Waals surface area contributed by atoms with Gasteiger partial charge in [0.2, 0.25) is 0 Å². The minimum absolute atomic E-state index is 0.137. The van der Waals surface area contributed by atoms with Crippen LogP contribution < -0.4 is 10.9 Å². The number of nitrogens with one attached hydrogen (secondary N) is 2. The van der Waals surface area contributed by atoms with Gasteiger partial charge in [0.25, 0.3) is 5.56 Å². The van der Waals surface area contributed by atoms with Gasteiger partial charge in [-0.05, 0) is 47.9 Å². The molecule has 186 valence electrons. The number of pyridine rings is 2. The molecule has 38 heavy (non-hydrogen) atoms. The molecule has 0 aliphatic carbocycles. The number of hydrogen-bond acceptors (Lipinski definition) is 5. The van der Waals surface area contributed by atoms with Crippen molar-refractivity contribution in [3.63, 3.8) is 0 Å². The topological polar surface area (TPSA) is 88.5 Å². The van der Waals surface area contributed by atoms with Gasteiger partial charge in [-0.15, -0.1) is 0 Å². The van der Waals surface area contributed by atoms with Crippen LogP contribution in [0.5, 0.6) is 0 Å². The predicted molar refractivity (Wildman–Crippen MR) is 150 cm³/mol. The maximum Gasteiger partial charge on any atom is 0.257 e. The van der Waals surface area contributed by atoms with Crippen molar-refractivity contribution in [2.24, 2.45) is 0 Å². The number of aromatic nitrogens is 5. The first-order valence-electron chi connectivity index (χ1n) is 12.5. The molecule has 7 nitrogen and oxygen atoms in total. The molecule has 0 radical (unpaired) electrons. The molecule has 0 spiro atoms. The molecule has 0 aliphatic heterocycles. The van der Waals surface area contributed by atoms with Crippen molar-refractivity contribution in [1.82, 2.24) is 30.0 Å². The maximum atomic E-state index is 12.4. The molecular formula is C31H26N6O. The van der Waals surface area contributed by atoms with E-state index in [-0.39, 0.29) is 11.6 Å². The van der Waals surface area contributed by atoms with E-state index in [0.29, 0.717) is 10.9 Å². The van der Waals surface area contributed by atoms with Gasteiger partial charge in [0.15, 0.2) is 0 Å². The molecule has 3 aromatic carbocycles. The highest BCUT2D eigenvalue weighted by Crippen LogP contribution is 2.32. The Labute approximate surface area is 219 Å². The smallest absolute Gasteiger partial charge is 0.257 e. The first-order chi connectivity index (χ1) is 18.7. The van der Waals surface area contributed by atoms with Gasteiger partial charge in [-0.2, -0.15) is 5.10 Å². The summed E-state index contributed by atoms with van der Waals surface area (Å²) in [5.74, 6) is 0. The quantitative estimate of drug-likeness (QED) is 0.295. The molecule has 0 amide bonds. The molecule has 6 aromatic rings. The largest absolute Gasteiger partial charge is 0.328 e. The number of fused-ring (bicyclic) bond motifs is 1. The van der Waals surface area contributed by atoms with Crippen LogP contribution in [0.25, 0.3) is 39.0 Å². The second-order valence-electron chi connectivity index (χ2n) is 9.22. The minimum Gasteiger partial charge on any atom is -0.328 e. The molecule has 0 fully saturated rings. The van der Waals surface area contributed by atoms with Crippen LogP contribution in [0.2, 0.25) is 0 Å². The molecule has 7 heteroatoms. The standard InChI is InChI=1S/C31H26N6O/c1-21(23-11-13-26(14-12-23)37-20-32-19-35-37)34-18-22-7-9-25(10-8-22)30-27(24-5-3-2-4-6-24)17-28-29(36-30)15-16-33-31(28)38/h2-17,19-21,34H,18H2,1H3,(H,33,38). The van der Waals surface area contributed by atoms with Crippen LogP contribution in [-0.2, 0) is 6.54 Å². The Balaban J connectivity index is 1.22. The Morgan fingerprint density at radius 3 is 2.45 bits per heavy atom. The summed E-state index contributed by atoms with van der Waals surface area (Å²) in [4.78, 5) is 24.1. The van der Waals surface area contributed by atoms with Gasteiger partial charge in [0.05, 0.1) is 22.3 Å². The van der Waals surface area contributed by atoms with E-state index in [2.05, 4.69) is 63.7 Å². The molecule has 2 N–H and O–H groups in total. The molecule has 3 heterocycles. The van der Waals surface area contributed by atoms with E-state index < -0.39 is 0 Å². The van der Waals surface area contributed by atoms with Gasteiger partial charge in [0, 0.05) is 29.9 Å². The first kappa shape index (κ1) is 23.5. The van der Waals surface area contributed by atoms with E-state index >= 15 is 0 Å². The Bertz CT molecular complexity index is 1720. The van der Waals surface area contributed by atoms with E-state index in [1.165, 1.54) is 17.5 Å². The third-order valence-corrected chi connectivity index (χ3v) is 6.75. The minimum atomic E-state index is -0.137. The monoisotopic (exact) mass is 498 g/mol. The molecule has 0 saturated carbocycles. The molecule has 6 rings (SSSR count). The van der Waals surface area contributed by atoms with Gasteiger partial charge in [-0.3, -0.25) is 4.79 Å². The first-order valence-corrected chi connectivity index (χ1v) is 12.5. The number of benzene rings is 3. The Morgan fingerprint density at radius 2 is 1.71 bits per heavy atom. The summed E-state index contributed by atoms with van der Waals surface area (Å²) < 4.78 is 1.75. The normalized spacial score (nSPS) is 12.0. The highest BCUT2D eigenvalue weighted by molar-refractivity contribution is 5.91. The lowest BCUT2D eigenvalue weighted by molar-refractivity contribution is 0.574. The van der Waals surface area contributed by atoms with E-state index in [1.807, 2.05) is 54.6 Å². The van der Waals surface area contributed by atoms with Crippen LogP contribution in [0.1, 0.15) is 24.1 Å². The molecule has 1 unspecified atom stereocenters. The second-order valence-corrected chi connectivity index (χ2v) is 9.22. The van der Waals surface area contributed by atoms with Crippen molar-refractivity contribution in [3.05, 3.63) is 131 Å². The molecule has 0 saturated heterocycles. The fourth-order valence-corrected chi connectivity index (χ4v) is 4.59. The lowest BCUT2D eigenvalue weighted by atomic mass is 9.97.